The number of methoxy groups -OCH3 is 1. The number of allylic oxidation sites excluding steroid dienone is 1. The second-order valence-corrected chi connectivity index (χ2v) is 3.94. The average Bonchev–Trinajstić information content (AvgIpc) is 2.27. The zero-order valence-electron chi connectivity index (χ0n) is 9.32. The lowest BCUT2D eigenvalue weighted by Crippen LogP contribution is -2.01. The van der Waals surface area contributed by atoms with Gasteiger partial charge in [-0.25, -0.2) is 0 Å². The second-order valence-electron chi connectivity index (χ2n) is 3.94. The number of rotatable bonds is 3. The summed E-state index contributed by atoms with van der Waals surface area (Å²) in [7, 11) is 1.64. The minimum absolute atomic E-state index is 0.417. The van der Waals surface area contributed by atoms with Crippen LogP contribution < -0.4 is 4.74 Å². The molecule has 15 heavy (non-hydrogen) atoms. The van der Waals surface area contributed by atoms with E-state index in [1.165, 1.54) is 0 Å². The van der Waals surface area contributed by atoms with Crippen LogP contribution in [0.15, 0.2) is 30.3 Å². The number of hydrogen-bond acceptors (Lipinski definition) is 2. The molecular formula is C13H15NO. The molecule has 0 aromatic heterocycles. The van der Waals surface area contributed by atoms with Crippen LogP contribution in [0.3, 0.4) is 0 Å². The summed E-state index contributed by atoms with van der Waals surface area (Å²) in [6, 6.07) is 9.95. The number of hydrogen-bond donors (Lipinski definition) is 0. The fraction of sp³-hybridized carbons (Fsp3) is 0.308. The van der Waals surface area contributed by atoms with Gasteiger partial charge in [0.15, 0.2) is 0 Å². The van der Waals surface area contributed by atoms with Gasteiger partial charge in [0.05, 0.1) is 18.6 Å². The van der Waals surface area contributed by atoms with Gasteiger partial charge in [0.2, 0.25) is 0 Å². The van der Waals surface area contributed by atoms with Crippen molar-refractivity contribution in [1.29, 1.82) is 5.26 Å². The maximum Gasteiger partial charge on any atom is 0.118 e. The van der Waals surface area contributed by atoms with Crippen molar-refractivity contribution in [2.24, 2.45) is 5.41 Å². The van der Waals surface area contributed by atoms with Crippen molar-refractivity contribution in [1.82, 2.24) is 0 Å². The zero-order valence-corrected chi connectivity index (χ0v) is 9.32. The third-order valence-electron chi connectivity index (χ3n) is 2.10. The number of ether oxygens (including phenoxy) is 1. The topological polar surface area (TPSA) is 33.0 Å². The quantitative estimate of drug-likeness (QED) is 0.752. The molecule has 1 aromatic carbocycles. The van der Waals surface area contributed by atoms with E-state index in [1.807, 2.05) is 50.3 Å². The predicted octanol–water partition coefficient (Wildman–Crippen LogP) is 3.26. The summed E-state index contributed by atoms with van der Waals surface area (Å²) in [6.07, 6.45) is 3.84. The van der Waals surface area contributed by atoms with Crippen LogP contribution in [0.2, 0.25) is 0 Å². The van der Waals surface area contributed by atoms with Crippen LogP contribution in [0.1, 0.15) is 19.4 Å². The Hall–Kier alpha value is -1.75. The first-order valence-corrected chi connectivity index (χ1v) is 4.82. The normalized spacial score (nSPS) is 11.3. The summed E-state index contributed by atoms with van der Waals surface area (Å²) in [5, 5.41) is 8.83. The van der Waals surface area contributed by atoms with Crippen molar-refractivity contribution >= 4 is 6.08 Å². The Morgan fingerprint density at radius 2 is 1.87 bits per heavy atom. The molecule has 1 rings (SSSR count). The molecule has 0 unspecified atom stereocenters. The second kappa shape index (κ2) is 4.65. The van der Waals surface area contributed by atoms with Crippen molar-refractivity contribution in [3.63, 3.8) is 0 Å². The van der Waals surface area contributed by atoms with E-state index in [0.29, 0.717) is 0 Å². The van der Waals surface area contributed by atoms with Crippen molar-refractivity contribution in [3.05, 3.63) is 35.9 Å². The summed E-state index contributed by atoms with van der Waals surface area (Å²) in [4.78, 5) is 0. The molecule has 0 heterocycles. The highest BCUT2D eigenvalue weighted by Gasteiger charge is 2.10. The maximum atomic E-state index is 8.83. The van der Waals surface area contributed by atoms with Crippen LogP contribution in [0, 0.1) is 16.7 Å². The van der Waals surface area contributed by atoms with Crippen LogP contribution >= 0.6 is 0 Å². The van der Waals surface area contributed by atoms with E-state index < -0.39 is 5.41 Å². The van der Waals surface area contributed by atoms with Gasteiger partial charge in [-0.3, -0.25) is 0 Å². The highest BCUT2D eigenvalue weighted by molar-refractivity contribution is 5.52. The Kier molecular flexibility index (Phi) is 3.51. The monoisotopic (exact) mass is 201 g/mol. The Morgan fingerprint density at radius 3 is 2.33 bits per heavy atom. The molecule has 0 aliphatic carbocycles. The highest BCUT2D eigenvalue weighted by Crippen LogP contribution is 2.18. The van der Waals surface area contributed by atoms with Crippen LogP contribution in [0.5, 0.6) is 5.75 Å². The lowest BCUT2D eigenvalue weighted by Gasteiger charge is -2.07. The molecule has 0 aliphatic rings. The van der Waals surface area contributed by atoms with Gasteiger partial charge in [0.25, 0.3) is 0 Å². The maximum absolute atomic E-state index is 8.83. The molecule has 0 atom stereocenters. The Labute approximate surface area is 90.8 Å². The molecule has 0 saturated carbocycles. The van der Waals surface area contributed by atoms with Crippen LogP contribution in [0.25, 0.3) is 6.08 Å². The van der Waals surface area contributed by atoms with Gasteiger partial charge in [-0.05, 0) is 31.5 Å². The fourth-order valence-electron chi connectivity index (χ4n) is 1.06. The minimum Gasteiger partial charge on any atom is -0.497 e. The first-order valence-electron chi connectivity index (χ1n) is 4.82. The highest BCUT2D eigenvalue weighted by atomic mass is 16.5. The summed E-state index contributed by atoms with van der Waals surface area (Å²) in [6.45, 7) is 3.76. The van der Waals surface area contributed by atoms with Gasteiger partial charge in [0.1, 0.15) is 5.75 Å². The van der Waals surface area contributed by atoms with Crippen molar-refractivity contribution in [2.45, 2.75) is 13.8 Å². The van der Waals surface area contributed by atoms with Crippen LogP contribution in [0.4, 0.5) is 0 Å². The smallest absolute Gasteiger partial charge is 0.118 e. The van der Waals surface area contributed by atoms with Gasteiger partial charge in [-0.15, -0.1) is 0 Å². The van der Waals surface area contributed by atoms with Crippen molar-refractivity contribution < 1.29 is 4.74 Å². The van der Waals surface area contributed by atoms with Crippen LogP contribution in [-0.2, 0) is 0 Å². The summed E-state index contributed by atoms with van der Waals surface area (Å²) >= 11 is 0. The molecule has 0 amide bonds. The molecule has 0 bridgehead atoms. The first kappa shape index (κ1) is 11.3. The SMILES string of the molecule is COc1ccc(/C=C\C(C)(C)C#N)cc1. The van der Waals surface area contributed by atoms with E-state index in [2.05, 4.69) is 6.07 Å². The van der Waals surface area contributed by atoms with Gasteiger partial charge in [0, 0.05) is 0 Å². The third-order valence-corrected chi connectivity index (χ3v) is 2.10. The summed E-state index contributed by atoms with van der Waals surface area (Å²) in [5.74, 6) is 0.840. The molecule has 0 aliphatic heterocycles. The Morgan fingerprint density at radius 1 is 1.27 bits per heavy atom. The van der Waals surface area contributed by atoms with Gasteiger partial charge in [-0.1, -0.05) is 24.3 Å². The van der Waals surface area contributed by atoms with Crippen LogP contribution in [-0.4, -0.2) is 7.11 Å². The van der Waals surface area contributed by atoms with E-state index in [9.17, 15) is 0 Å². The fourth-order valence-corrected chi connectivity index (χ4v) is 1.06. The number of nitrogens with zero attached hydrogens (tertiary/aromatic N) is 1. The zero-order chi connectivity index (χ0) is 11.3. The van der Waals surface area contributed by atoms with Gasteiger partial charge in [-0.2, -0.15) is 5.26 Å². The molecule has 0 radical (unpaired) electrons. The molecular weight excluding hydrogens is 186 g/mol. The van der Waals surface area contributed by atoms with E-state index >= 15 is 0 Å². The largest absolute Gasteiger partial charge is 0.497 e. The molecule has 2 heteroatoms. The number of benzene rings is 1. The van der Waals surface area contributed by atoms with Gasteiger partial charge >= 0.3 is 0 Å². The lowest BCUT2D eigenvalue weighted by atomic mass is 9.94. The molecule has 78 valence electrons. The Balaban J connectivity index is 2.78. The number of nitriles is 1. The van der Waals surface area contributed by atoms with Gasteiger partial charge < -0.3 is 4.74 Å². The van der Waals surface area contributed by atoms with E-state index in [0.717, 1.165) is 11.3 Å². The molecule has 1 aromatic rings. The molecule has 0 N–H and O–H groups in total. The lowest BCUT2D eigenvalue weighted by molar-refractivity contribution is 0.415. The van der Waals surface area contributed by atoms with E-state index in [-0.39, 0.29) is 0 Å². The molecule has 2 nitrogen and oxygen atoms in total. The van der Waals surface area contributed by atoms with E-state index in [1.54, 1.807) is 7.11 Å². The molecule has 0 fully saturated rings. The van der Waals surface area contributed by atoms with E-state index in [4.69, 9.17) is 10.00 Å². The predicted molar refractivity (Wildman–Crippen MR) is 61.4 cm³/mol. The summed E-state index contributed by atoms with van der Waals surface area (Å²) < 4.78 is 5.06. The van der Waals surface area contributed by atoms with Crippen molar-refractivity contribution in [2.75, 3.05) is 7.11 Å². The Bertz CT molecular complexity index is 382. The average molecular weight is 201 g/mol. The first-order chi connectivity index (χ1) is 7.07. The van der Waals surface area contributed by atoms with Crippen molar-refractivity contribution in [3.8, 4) is 11.8 Å². The third kappa shape index (κ3) is 3.47. The molecule has 0 saturated heterocycles. The standard InChI is InChI=1S/C13H15NO/c1-13(2,10-14)9-8-11-4-6-12(15-3)7-5-11/h4-9H,1-3H3/b9-8-. The molecule has 0 spiro atoms. The summed E-state index contributed by atoms with van der Waals surface area (Å²) in [5.41, 5.74) is 0.652. The minimum atomic E-state index is -0.417.